The van der Waals surface area contributed by atoms with Gasteiger partial charge < -0.3 is 29.8 Å². The summed E-state index contributed by atoms with van der Waals surface area (Å²) >= 11 is 0. The maximum atomic E-state index is 10.6. The van der Waals surface area contributed by atoms with Crippen molar-refractivity contribution in [2.24, 2.45) is 4.99 Å². The summed E-state index contributed by atoms with van der Waals surface area (Å²) in [5.74, 6) is 0.152. The molecular formula is C29H37N5O3. The number of nitrogens with one attached hydrogen (secondary N) is 2. The van der Waals surface area contributed by atoms with Gasteiger partial charge in [-0.3, -0.25) is 4.99 Å². The molecule has 3 heterocycles. The number of fused-ring (bicyclic) bond motifs is 1. The van der Waals surface area contributed by atoms with Crippen LogP contribution in [0.2, 0.25) is 0 Å². The van der Waals surface area contributed by atoms with Crippen molar-refractivity contribution in [3.8, 4) is 0 Å². The van der Waals surface area contributed by atoms with E-state index in [-0.39, 0.29) is 6.10 Å². The third-order valence-corrected chi connectivity index (χ3v) is 6.75. The van der Waals surface area contributed by atoms with E-state index in [0.717, 1.165) is 39.6 Å². The second kappa shape index (κ2) is 10.3. The van der Waals surface area contributed by atoms with Gasteiger partial charge in [-0.15, -0.1) is 0 Å². The molecule has 0 bridgehead atoms. The van der Waals surface area contributed by atoms with Crippen molar-refractivity contribution in [2.45, 2.75) is 72.1 Å². The van der Waals surface area contributed by atoms with Crippen LogP contribution in [0.15, 0.2) is 53.2 Å². The zero-order chi connectivity index (χ0) is 26.2. The predicted octanol–water partition coefficient (Wildman–Crippen LogP) is 4.94. The van der Waals surface area contributed by atoms with Gasteiger partial charge in [-0.1, -0.05) is 18.2 Å². The number of nitrogens with zero attached hydrogens (tertiary/aromatic N) is 3. The summed E-state index contributed by atoms with van der Waals surface area (Å²) < 4.78 is 13.8. The summed E-state index contributed by atoms with van der Waals surface area (Å²) in [5, 5.41) is 17.7. The van der Waals surface area contributed by atoms with Gasteiger partial charge in [-0.05, 0) is 82.0 Å². The second-order valence-electron chi connectivity index (χ2n) is 10.6. The topological polar surface area (TPSA) is 92.9 Å². The van der Waals surface area contributed by atoms with Crippen molar-refractivity contribution >= 4 is 28.4 Å². The van der Waals surface area contributed by atoms with Crippen LogP contribution < -0.4 is 10.6 Å². The number of imidazole rings is 1. The lowest BCUT2D eigenvalue weighted by atomic mass is 10.1. The summed E-state index contributed by atoms with van der Waals surface area (Å²) in [7, 11) is 0. The van der Waals surface area contributed by atoms with Crippen molar-refractivity contribution in [1.29, 1.82) is 0 Å². The minimum absolute atomic E-state index is 0.0661. The maximum Gasteiger partial charge on any atom is 0.204 e. The van der Waals surface area contributed by atoms with Crippen molar-refractivity contribution in [3.05, 3.63) is 64.9 Å². The molecule has 0 aliphatic carbocycles. The van der Waals surface area contributed by atoms with Gasteiger partial charge in [0.1, 0.15) is 6.10 Å². The van der Waals surface area contributed by atoms with E-state index in [9.17, 15) is 5.11 Å². The molecule has 0 spiro atoms. The Morgan fingerprint density at radius 3 is 2.59 bits per heavy atom. The molecule has 0 saturated carbocycles. The summed E-state index contributed by atoms with van der Waals surface area (Å²) in [5.41, 5.74) is 8.28. The number of benzene rings is 2. The molecule has 37 heavy (non-hydrogen) atoms. The maximum absolute atomic E-state index is 10.6. The lowest BCUT2D eigenvalue weighted by Crippen LogP contribution is -2.29. The number of aryl methyl sites for hydroxylation is 2. The van der Waals surface area contributed by atoms with Gasteiger partial charge in [0.25, 0.3) is 0 Å². The third kappa shape index (κ3) is 6.04. The van der Waals surface area contributed by atoms with Crippen molar-refractivity contribution in [2.75, 3.05) is 23.8 Å². The fourth-order valence-corrected chi connectivity index (χ4v) is 4.99. The van der Waals surface area contributed by atoms with Crippen LogP contribution in [0.4, 0.5) is 11.6 Å². The molecule has 1 saturated heterocycles. The molecule has 8 heteroatoms. The summed E-state index contributed by atoms with van der Waals surface area (Å²) in [6.07, 6.45) is 1.88. The molecule has 0 amide bonds. The average Bonchev–Trinajstić information content (AvgIpc) is 3.36. The zero-order valence-electron chi connectivity index (χ0n) is 22.3. The number of aliphatic hydroxyl groups excluding tert-OH is 1. The smallest absolute Gasteiger partial charge is 0.204 e. The Bertz CT molecular complexity index is 1340. The van der Waals surface area contributed by atoms with E-state index >= 15 is 0 Å². The second-order valence-corrected chi connectivity index (χ2v) is 10.6. The highest BCUT2D eigenvalue weighted by Crippen LogP contribution is 2.26. The van der Waals surface area contributed by atoms with Gasteiger partial charge in [0.2, 0.25) is 5.95 Å². The molecular weight excluding hydrogens is 466 g/mol. The largest absolute Gasteiger partial charge is 0.387 e. The van der Waals surface area contributed by atoms with Crippen LogP contribution >= 0.6 is 0 Å². The predicted molar refractivity (Wildman–Crippen MR) is 148 cm³/mol. The summed E-state index contributed by atoms with van der Waals surface area (Å²) in [6.45, 7) is 12.3. The number of hydrogen-bond donors (Lipinski definition) is 3. The Kier molecular flexibility index (Phi) is 7.07. The highest BCUT2D eigenvalue weighted by atomic mass is 16.7. The minimum Gasteiger partial charge on any atom is -0.387 e. The summed E-state index contributed by atoms with van der Waals surface area (Å²) in [6, 6.07) is 12.8. The molecule has 2 aromatic carbocycles. The van der Waals surface area contributed by atoms with Crippen molar-refractivity contribution < 1.29 is 14.6 Å². The van der Waals surface area contributed by atoms with Crippen LogP contribution in [0.25, 0.3) is 11.0 Å². The standard InChI is InChI=1S/C29H37N5O3/c1-18-10-19(2)12-22(11-18)30-14-21-7-8-24-26(13-21)34(16-25-27(35)9-6-20(3)32-25)28(33-24)31-15-23-17-36-29(4,5)37-23/h6-8,10-13,23,27,30,35H,9,14-17H2,1-5H3,(H,31,33). The van der Waals surface area contributed by atoms with Gasteiger partial charge >= 0.3 is 0 Å². The Morgan fingerprint density at radius 2 is 1.86 bits per heavy atom. The third-order valence-electron chi connectivity index (χ3n) is 6.75. The molecule has 3 N–H and O–H groups in total. The van der Waals surface area contributed by atoms with Crippen molar-refractivity contribution in [3.63, 3.8) is 0 Å². The number of aromatic nitrogens is 2. The van der Waals surface area contributed by atoms with E-state index in [2.05, 4.69) is 70.4 Å². The first-order valence-corrected chi connectivity index (χ1v) is 12.9. The summed E-state index contributed by atoms with van der Waals surface area (Å²) in [4.78, 5) is 9.54. The molecule has 3 aromatic rings. The molecule has 1 fully saturated rings. The fraction of sp³-hybridized carbons (Fsp3) is 0.448. The van der Waals surface area contributed by atoms with Crippen LogP contribution in [-0.4, -0.2) is 51.5 Å². The highest BCUT2D eigenvalue weighted by Gasteiger charge is 2.32. The minimum atomic E-state index is -0.601. The van der Waals surface area contributed by atoms with Gasteiger partial charge in [0.05, 0.1) is 36.0 Å². The number of ether oxygens (including phenoxy) is 2. The Hall–Kier alpha value is -3.20. The SMILES string of the molecule is CC1=CCC(O)C(Cn2c(NCC3COC(C)(C)O3)nc3ccc(CNc4cc(C)cc(C)c4)cc32)=N1. The van der Waals surface area contributed by atoms with Crippen LogP contribution in [0.1, 0.15) is 43.9 Å². The first-order chi connectivity index (χ1) is 17.6. The number of aliphatic hydroxyl groups is 1. The highest BCUT2D eigenvalue weighted by molar-refractivity contribution is 5.92. The number of aliphatic imine (C=N–C) groups is 1. The fourth-order valence-electron chi connectivity index (χ4n) is 4.99. The van der Waals surface area contributed by atoms with Gasteiger partial charge in [0, 0.05) is 24.5 Å². The van der Waals surface area contributed by atoms with Gasteiger partial charge in [-0.2, -0.15) is 0 Å². The average molecular weight is 504 g/mol. The van der Waals surface area contributed by atoms with Crippen LogP contribution in [-0.2, 0) is 22.6 Å². The van der Waals surface area contributed by atoms with E-state index in [4.69, 9.17) is 14.5 Å². The lowest BCUT2D eigenvalue weighted by molar-refractivity contribution is -0.136. The van der Waals surface area contributed by atoms with Crippen LogP contribution in [0.3, 0.4) is 0 Å². The molecule has 196 valence electrons. The first kappa shape index (κ1) is 25.4. The Labute approximate surface area is 218 Å². The normalized spacial score (nSPS) is 21.1. The number of hydrogen-bond acceptors (Lipinski definition) is 7. The van der Waals surface area contributed by atoms with Crippen LogP contribution in [0.5, 0.6) is 0 Å². The quantitative estimate of drug-likeness (QED) is 0.403. The number of rotatable bonds is 8. The molecule has 5 rings (SSSR count). The van der Waals surface area contributed by atoms with E-state index < -0.39 is 11.9 Å². The molecule has 2 unspecified atom stereocenters. The van der Waals surface area contributed by atoms with Crippen LogP contribution in [0, 0.1) is 13.8 Å². The number of allylic oxidation sites excluding steroid dienone is 1. The molecule has 2 atom stereocenters. The molecule has 1 aromatic heterocycles. The zero-order valence-corrected chi connectivity index (χ0v) is 22.3. The van der Waals surface area contributed by atoms with Gasteiger partial charge in [0.15, 0.2) is 5.79 Å². The lowest BCUT2D eigenvalue weighted by Gasteiger charge is -2.20. The molecule has 0 radical (unpaired) electrons. The van der Waals surface area contributed by atoms with E-state index in [0.29, 0.717) is 32.7 Å². The first-order valence-electron chi connectivity index (χ1n) is 12.9. The van der Waals surface area contributed by atoms with Crippen molar-refractivity contribution in [1.82, 2.24) is 9.55 Å². The van der Waals surface area contributed by atoms with E-state index in [1.165, 1.54) is 11.1 Å². The Balaban J connectivity index is 1.42. The monoisotopic (exact) mass is 503 g/mol. The molecule has 2 aliphatic heterocycles. The van der Waals surface area contributed by atoms with Gasteiger partial charge in [-0.25, -0.2) is 4.98 Å². The van der Waals surface area contributed by atoms with E-state index in [1.807, 2.05) is 26.8 Å². The number of anilines is 2. The van der Waals surface area contributed by atoms with E-state index in [1.54, 1.807) is 0 Å². The Morgan fingerprint density at radius 1 is 1.08 bits per heavy atom. The molecule has 2 aliphatic rings. The molecule has 8 nitrogen and oxygen atoms in total.